The van der Waals surface area contributed by atoms with Gasteiger partial charge in [-0.2, -0.15) is 0 Å². The molecule has 1 aromatic rings. The van der Waals surface area contributed by atoms with Gasteiger partial charge in [0.25, 0.3) is 5.91 Å². The molecule has 1 atom stereocenters. The summed E-state index contributed by atoms with van der Waals surface area (Å²) in [5.74, 6) is -0.146. The van der Waals surface area contributed by atoms with Gasteiger partial charge in [0.05, 0.1) is 5.41 Å². The van der Waals surface area contributed by atoms with E-state index in [0.717, 1.165) is 18.5 Å². The summed E-state index contributed by atoms with van der Waals surface area (Å²) in [6.07, 6.45) is 0.826. The molecule has 3 N–H and O–H groups in total. The monoisotopic (exact) mass is 275 g/mol. The van der Waals surface area contributed by atoms with E-state index in [2.05, 4.69) is 16.0 Å². The van der Waals surface area contributed by atoms with Crippen LogP contribution in [0.2, 0.25) is 0 Å². The van der Waals surface area contributed by atoms with Gasteiger partial charge in [0.15, 0.2) is 0 Å². The molecule has 5 nitrogen and oxygen atoms in total. The van der Waals surface area contributed by atoms with E-state index >= 15 is 0 Å². The van der Waals surface area contributed by atoms with E-state index in [1.807, 2.05) is 19.9 Å². The number of carbonyl (C=O) groups excluding carboxylic acids is 2. The van der Waals surface area contributed by atoms with Crippen LogP contribution >= 0.6 is 0 Å². The molecule has 0 bridgehead atoms. The van der Waals surface area contributed by atoms with E-state index in [1.54, 1.807) is 19.2 Å². The molecule has 0 saturated carbocycles. The summed E-state index contributed by atoms with van der Waals surface area (Å²) < 4.78 is 0. The van der Waals surface area contributed by atoms with Crippen LogP contribution in [-0.2, 0) is 4.79 Å². The van der Waals surface area contributed by atoms with Crippen LogP contribution in [0, 0.1) is 12.3 Å². The first-order valence-corrected chi connectivity index (χ1v) is 6.82. The first-order valence-electron chi connectivity index (χ1n) is 6.82. The van der Waals surface area contributed by atoms with Crippen LogP contribution in [0.4, 0.5) is 5.69 Å². The molecule has 5 heteroatoms. The van der Waals surface area contributed by atoms with E-state index in [9.17, 15) is 9.59 Å². The zero-order chi connectivity index (χ0) is 14.8. The van der Waals surface area contributed by atoms with Crippen LogP contribution in [0.25, 0.3) is 0 Å². The van der Waals surface area contributed by atoms with Crippen molar-refractivity contribution in [1.29, 1.82) is 0 Å². The second-order valence-corrected chi connectivity index (χ2v) is 5.50. The van der Waals surface area contributed by atoms with Crippen molar-refractivity contribution in [3.8, 4) is 0 Å². The van der Waals surface area contributed by atoms with Crippen molar-refractivity contribution in [2.75, 3.05) is 25.5 Å². The van der Waals surface area contributed by atoms with E-state index in [1.165, 1.54) is 0 Å². The Morgan fingerprint density at radius 3 is 2.70 bits per heavy atom. The van der Waals surface area contributed by atoms with Crippen molar-refractivity contribution in [3.63, 3.8) is 0 Å². The van der Waals surface area contributed by atoms with Gasteiger partial charge in [-0.1, -0.05) is 6.07 Å². The van der Waals surface area contributed by atoms with Crippen molar-refractivity contribution < 1.29 is 9.59 Å². The number of hydrogen-bond acceptors (Lipinski definition) is 3. The van der Waals surface area contributed by atoms with Crippen molar-refractivity contribution in [3.05, 3.63) is 29.3 Å². The second kappa shape index (κ2) is 5.63. The molecule has 1 aliphatic rings. The van der Waals surface area contributed by atoms with Crippen LogP contribution in [0.5, 0.6) is 0 Å². The fourth-order valence-electron chi connectivity index (χ4n) is 2.44. The lowest BCUT2D eigenvalue weighted by atomic mass is 9.88. The third-order valence-corrected chi connectivity index (χ3v) is 3.97. The van der Waals surface area contributed by atoms with Gasteiger partial charge in [-0.15, -0.1) is 0 Å². The normalized spacial score (nSPS) is 21.6. The van der Waals surface area contributed by atoms with Crippen LogP contribution in [0.15, 0.2) is 18.2 Å². The lowest BCUT2D eigenvalue weighted by Crippen LogP contribution is -2.35. The Morgan fingerprint density at radius 1 is 1.35 bits per heavy atom. The van der Waals surface area contributed by atoms with E-state index in [0.29, 0.717) is 17.8 Å². The lowest BCUT2D eigenvalue weighted by Gasteiger charge is -2.22. The van der Waals surface area contributed by atoms with Gasteiger partial charge in [-0.3, -0.25) is 9.59 Å². The summed E-state index contributed by atoms with van der Waals surface area (Å²) in [5, 5.41) is 8.76. The van der Waals surface area contributed by atoms with Crippen LogP contribution < -0.4 is 16.0 Å². The van der Waals surface area contributed by atoms with Crippen molar-refractivity contribution >= 4 is 17.5 Å². The molecule has 1 fully saturated rings. The average Bonchev–Trinajstić information content (AvgIpc) is 2.88. The Labute approximate surface area is 119 Å². The predicted octanol–water partition coefficient (Wildman–Crippen LogP) is 1.29. The SMILES string of the molecule is CNC(=O)c1cccc(NC(=O)C2(C)CCNC2)c1C. The topological polar surface area (TPSA) is 70.2 Å². The molecule has 1 saturated heterocycles. The highest BCUT2D eigenvalue weighted by Gasteiger charge is 2.36. The number of hydrogen-bond donors (Lipinski definition) is 3. The number of nitrogens with one attached hydrogen (secondary N) is 3. The summed E-state index contributed by atoms with van der Waals surface area (Å²) in [7, 11) is 1.60. The molecule has 1 unspecified atom stereocenters. The largest absolute Gasteiger partial charge is 0.355 e. The number of rotatable bonds is 3. The molecule has 0 aliphatic carbocycles. The van der Waals surface area contributed by atoms with Crippen LogP contribution in [0.3, 0.4) is 0 Å². The molecule has 20 heavy (non-hydrogen) atoms. The molecule has 0 spiro atoms. The Morgan fingerprint density at radius 2 is 2.10 bits per heavy atom. The number of amides is 2. The average molecular weight is 275 g/mol. The Bertz CT molecular complexity index is 534. The Balaban J connectivity index is 2.22. The van der Waals surface area contributed by atoms with Gasteiger partial charge in [0, 0.05) is 24.8 Å². The van der Waals surface area contributed by atoms with E-state index in [-0.39, 0.29) is 17.2 Å². The third-order valence-electron chi connectivity index (χ3n) is 3.97. The summed E-state index contributed by atoms with van der Waals surface area (Å²) >= 11 is 0. The quantitative estimate of drug-likeness (QED) is 0.778. The highest BCUT2D eigenvalue weighted by molar-refractivity contribution is 6.00. The molecule has 2 rings (SSSR count). The van der Waals surface area contributed by atoms with Gasteiger partial charge < -0.3 is 16.0 Å². The van der Waals surface area contributed by atoms with Gasteiger partial charge in [0.1, 0.15) is 0 Å². The van der Waals surface area contributed by atoms with Crippen molar-refractivity contribution in [2.24, 2.45) is 5.41 Å². The molecule has 1 aromatic carbocycles. The molecular weight excluding hydrogens is 254 g/mol. The second-order valence-electron chi connectivity index (χ2n) is 5.50. The first-order chi connectivity index (χ1) is 9.48. The minimum absolute atomic E-state index is 0.000318. The maximum atomic E-state index is 12.4. The highest BCUT2D eigenvalue weighted by Crippen LogP contribution is 2.28. The predicted molar refractivity (Wildman–Crippen MR) is 78.8 cm³/mol. The first kappa shape index (κ1) is 14.5. The maximum Gasteiger partial charge on any atom is 0.251 e. The fourth-order valence-corrected chi connectivity index (χ4v) is 2.44. The maximum absolute atomic E-state index is 12.4. The highest BCUT2D eigenvalue weighted by atomic mass is 16.2. The van der Waals surface area contributed by atoms with Crippen LogP contribution in [-0.4, -0.2) is 32.0 Å². The van der Waals surface area contributed by atoms with Gasteiger partial charge >= 0.3 is 0 Å². The Kier molecular flexibility index (Phi) is 4.09. The van der Waals surface area contributed by atoms with Crippen molar-refractivity contribution in [2.45, 2.75) is 20.3 Å². The zero-order valence-corrected chi connectivity index (χ0v) is 12.2. The molecule has 1 aliphatic heterocycles. The summed E-state index contributed by atoms with van der Waals surface area (Å²) in [5.41, 5.74) is 1.69. The lowest BCUT2D eigenvalue weighted by molar-refractivity contribution is -0.123. The Hall–Kier alpha value is -1.88. The third kappa shape index (κ3) is 2.67. The van der Waals surface area contributed by atoms with Gasteiger partial charge in [-0.25, -0.2) is 0 Å². The summed E-state index contributed by atoms with van der Waals surface area (Å²) in [6, 6.07) is 5.36. The summed E-state index contributed by atoms with van der Waals surface area (Å²) in [4.78, 5) is 24.1. The van der Waals surface area contributed by atoms with Gasteiger partial charge in [0.2, 0.25) is 5.91 Å². The summed E-state index contributed by atoms with van der Waals surface area (Å²) in [6.45, 7) is 5.35. The number of carbonyl (C=O) groups is 2. The van der Waals surface area contributed by atoms with E-state index < -0.39 is 0 Å². The number of benzene rings is 1. The minimum atomic E-state index is -0.380. The zero-order valence-electron chi connectivity index (χ0n) is 12.2. The molecule has 108 valence electrons. The van der Waals surface area contributed by atoms with E-state index in [4.69, 9.17) is 0 Å². The standard InChI is InChI=1S/C15H21N3O2/c1-10-11(13(19)16-3)5-4-6-12(10)18-14(20)15(2)7-8-17-9-15/h4-6,17H,7-9H2,1-3H3,(H,16,19)(H,18,20). The molecule has 2 amide bonds. The molecule has 0 radical (unpaired) electrons. The van der Waals surface area contributed by atoms with Gasteiger partial charge in [-0.05, 0) is 44.5 Å². The van der Waals surface area contributed by atoms with Crippen molar-refractivity contribution in [1.82, 2.24) is 10.6 Å². The molecule has 0 aromatic heterocycles. The fraction of sp³-hybridized carbons (Fsp3) is 0.467. The minimum Gasteiger partial charge on any atom is -0.355 e. The smallest absolute Gasteiger partial charge is 0.251 e. The molecular formula is C15H21N3O2. The van der Waals surface area contributed by atoms with Crippen LogP contribution in [0.1, 0.15) is 29.3 Å². The molecule has 1 heterocycles. The number of anilines is 1.